The largest absolute Gasteiger partial charge is 0.339 e. The number of benzene rings is 2. The molecule has 0 spiro atoms. The molecule has 0 radical (unpaired) electrons. The number of hydrogen-bond donors (Lipinski definition) is 0. The summed E-state index contributed by atoms with van der Waals surface area (Å²) in [6, 6.07) is 18.4. The molecule has 5 nitrogen and oxygen atoms in total. The van der Waals surface area contributed by atoms with Crippen molar-refractivity contribution in [1.82, 2.24) is 9.80 Å². The maximum absolute atomic E-state index is 12.1. The summed E-state index contributed by atoms with van der Waals surface area (Å²) in [6.45, 7) is 7.11. The van der Waals surface area contributed by atoms with Crippen molar-refractivity contribution in [3.05, 3.63) is 78.4 Å². The van der Waals surface area contributed by atoms with Gasteiger partial charge in [-0.1, -0.05) is 67.2 Å². The van der Waals surface area contributed by atoms with Crippen LogP contribution < -0.4 is 0 Å². The van der Waals surface area contributed by atoms with Gasteiger partial charge >= 0.3 is 0 Å². The Bertz CT molecular complexity index is 835. The minimum Gasteiger partial charge on any atom is -0.339 e. The third-order valence-electron chi connectivity index (χ3n) is 5.90. The zero-order chi connectivity index (χ0) is 22.8. The molecule has 2 heterocycles. The molecule has 2 aromatic rings. The van der Waals surface area contributed by atoms with E-state index in [0.717, 1.165) is 63.8 Å². The van der Waals surface area contributed by atoms with Crippen LogP contribution >= 0.6 is 0 Å². The molecular weight excluding hydrogens is 400 g/mol. The Morgan fingerprint density at radius 2 is 0.969 bits per heavy atom. The van der Waals surface area contributed by atoms with Crippen molar-refractivity contribution < 1.29 is 14.4 Å². The molecule has 4 rings (SSSR count). The molecule has 5 heteroatoms. The normalized spacial score (nSPS) is 15.9. The average molecular weight is 433 g/mol. The quantitative estimate of drug-likeness (QED) is 0.403. The van der Waals surface area contributed by atoms with Crippen LogP contribution in [-0.2, 0) is 9.59 Å². The van der Waals surface area contributed by atoms with Crippen LogP contribution in [0.3, 0.4) is 0 Å². The lowest BCUT2D eigenvalue weighted by molar-refractivity contribution is -0.127. The van der Waals surface area contributed by atoms with Gasteiger partial charge in [-0.15, -0.1) is 0 Å². The number of ketones is 1. The fourth-order valence-corrected chi connectivity index (χ4v) is 4.00. The third-order valence-corrected chi connectivity index (χ3v) is 5.90. The van der Waals surface area contributed by atoms with Gasteiger partial charge < -0.3 is 9.80 Å². The molecule has 0 bridgehead atoms. The molecule has 0 aromatic heterocycles. The monoisotopic (exact) mass is 432 g/mol. The summed E-state index contributed by atoms with van der Waals surface area (Å²) in [5, 5.41) is 0. The molecule has 2 amide bonds. The Balaban J connectivity index is 0.000000181. The van der Waals surface area contributed by atoms with E-state index in [1.807, 2.05) is 41.3 Å². The van der Waals surface area contributed by atoms with Crippen LogP contribution in [-0.4, -0.2) is 53.6 Å². The molecule has 0 atom stereocenters. The first-order valence-corrected chi connectivity index (χ1v) is 11.5. The summed E-state index contributed by atoms with van der Waals surface area (Å²) in [5.41, 5.74) is 2.03. The molecule has 2 aliphatic heterocycles. The number of hydrogen-bond acceptors (Lipinski definition) is 3. The van der Waals surface area contributed by atoms with Crippen LogP contribution in [0.4, 0.5) is 0 Å². The van der Waals surface area contributed by atoms with Crippen molar-refractivity contribution in [3.63, 3.8) is 0 Å². The Kier molecular flexibility index (Phi) is 8.79. The number of amides is 2. The van der Waals surface area contributed by atoms with Crippen molar-refractivity contribution in [1.29, 1.82) is 0 Å². The SMILES string of the molecule is C=C(C(=O)N1CCCCC1)c1ccccc1.O=C(C(=O)N1CCCCC1)c1ccccc1. The average Bonchev–Trinajstić information content (AvgIpc) is 2.89. The number of piperidine rings is 2. The first kappa shape index (κ1) is 23.5. The highest BCUT2D eigenvalue weighted by molar-refractivity contribution is 6.42. The van der Waals surface area contributed by atoms with Crippen LogP contribution in [0.15, 0.2) is 67.2 Å². The summed E-state index contributed by atoms with van der Waals surface area (Å²) >= 11 is 0. The van der Waals surface area contributed by atoms with Crippen LogP contribution in [0.2, 0.25) is 0 Å². The van der Waals surface area contributed by atoms with Gasteiger partial charge in [-0.3, -0.25) is 14.4 Å². The topological polar surface area (TPSA) is 57.7 Å². The predicted octanol–water partition coefficient (Wildman–Crippen LogP) is 4.59. The zero-order valence-electron chi connectivity index (χ0n) is 18.7. The van der Waals surface area contributed by atoms with Gasteiger partial charge in [0, 0.05) is 37.3 Å². The molecule has 2 aromatic carbocycles. The van der Waals surface area contributed by atoms with E-state index < -0.39 is 0 Å². The van der Waals surface area contributed by atoms with E-state index in [1.54, 1.807) is 29.2 Å². The van der Waals surface area contributed by atoms with Gasteiger partial charge in [-0.05, 0) is 44.1 Å². The van der Waals surface area contributed by atoms with Crippen molar-refractivity contribution in [3.8, 4) is 0 Å². The predicted molar refractivity (Wildman–Crippen MR) is 127 cm³/mol. The molecule has 2 saturated heterocycles. The molecule has 168 valence electrons. The first-order chi connectivity index (χ1) is 15.6. The lowest BCUT2D eigenvalue weighted by atomic mass is 10.0. The van der Waals surface area contributed by atoms with Crippen molar-refractivity contribution in [2.45, 2.75) is 38.5 Å². The minimum absolute atomic E-state index is 0.0888. The smallest absolute Gasteiger partial charge is 0.294 e. The first-order valence-electron chi connectivity index (χ1n) is 11.5. The Labute approximate surface area is 190 Å². The fourth-order valence-electron chi connectivity index (χ4n) is 4.00. The van der Waals surface area contributed by atoms with E-state index >= 15 is 0 Å². The summed E-state index contributed by atoms with van der Waals surface area (Å²) in [5.74, 6) is -0.653. The number of carbonyl (C=O) groups excluding carboxylic acids is 3. The van der Waals surface area contributed by atoms with E-state index in [0.29, 0.717) is 11.1 Å². The summed E-state index contributed by atoms with van der Waals surface area (Å²) in [6.07, 6.45) is 6.65. The van der Waals surface area contributed by atoms with Crippen molar-refractivity contribution >= 4 is 23.2 Å². The van der Waals surface area contributed by atoms with Gasteiger partial charge in [0.1, 0.15) is 0 Å². The highest BCUT2D eigenvalue weighted by Gasteiger charge is 2.24. The Morgan fingerprint density at radius 1 is 0.562 bits per heavy atom. The van der Waals surface area contributed by atoms with Gasteiger partial charge in [0.2, 0.25) is 5.78 Å². The van der Waals surface area contributed by atoms with E-state index in [1.165, 1.54) is 6.42 Å². The zero-order valence-corrected chi connectivity index (χ0v) is 18.7. The summed E-state index contributed by atoms with van der Waals surface area (Å²) < 4.78 is 0. The number of rotatable bonds is 4. The maximum Gasteiger partial charge on any atom is 0.294 e. The van der Waals surface area contributed by atoms with Gasteiger partial charge in [0.15, 0.2) is 0 Å². The van der Waals surface area contributed by atoms with Crippen LogP contribution in [0.5, 0.6) is 0 Å². The van der Waals surface area contributed by atoms with Crippen LogP contribution in [0.25, 0.3) is 5.57 Å². The van der Waals surface area contributed by atoms with Gasteiger partial charge in [-0.25, -0.2) is 0 Å². The molecule has 0 N–H and O–H groups in total. The highest BCUT2D eigenvalue weighted by atomic mass is 16.2. The molecule has 2 aliphatic rings. The van der Waals surface area contributed by atoms with Gasteiger partial charge in [0.25, 0.3) is 11.8 Å². The van der Waals surface area contributed by atoms with Crippen LogP contribution in [0, 0.1) is 0 Å². The number of nitrogens with zero attached hydrogens (tertiary/aromatic N) is 2. The molecule has 2 fully saturated rings. The van der Waals surface area contributed by atoms with Crippen LogP contribution in [0.1, 0.15) is 54.4 Å². The standard InChI is InChI=1S/C14H17NO.C13H15NO2/c1-12(13-8-4-2-5-9-13)14(16)15-10-6-3-7-11-15;15-12(11-7-3-1-4-8-11)13(16)14-9-5-2-6-10-14/h2,4-5,8-9H,1,3,6-7,10-11H2;1,3-4,7-8H,2,5-6,9-10H2. The second-order valence-electron chi connectivity index (χ2n) is 8.25. The Hall–Kier alpha value is -3.21. The third kappa shape index (κ3) is 6.39. The Morgan fingerprint density at radius 3 is 1.44 bits per heavy atom. The van der Waals surface area contributed by atoms with Crippen molar-refractivity contribution in [2.75, 3.05) is 26.2 Å². The summed E-state index contributed by atoms with van der Waals surface area (Å²) in [4.78, 5) is 39.4. The minimum atomic E-state index is -0.387. The molecule has 32 heavy (non-hydrogen) atoms. The number of carbonyl (C=O) groups is 3. The fraction of sp³-hybridized carbons (Fsp3) is 0.370. The van der Waals surface area contributed by atoms with E-state index in [4.69, 9.17) is 0 Å². The second kappa shape index (κ2) is 12.0. The lowest BCUT2D eigenvalue weighted by Gasteiger charge is -2.27. The summed E-state index contributed by atoms with van der Waals surface area (Å²) in [7, 11) is 0. The second-order valence-corrected chi connectivity index (χ2v) is 8.25. The lowest BCUT2D eigenvalue weighted by Crippen LogP contribution is -2.40. The maximum atomic E-state index is 12.1. The van der Waals surface area contributed by atoms with E-state index in [-0.39, 0.29) is 17.6 Å². The van der Waals surface area contributed by atoms with Gasteiger partial charge in [0.05, 0.1) is 0 Å². The molecule has 0 aliphatic carbocycles. The van der Waals surface area contributed by atoms with Crippen molar-refractivity contribution in [2.24, 2.45) is 0 Å². The molecular formula is C27H32N2O3. The molecule has 0 saturated carbocycles. The number of likely N-dealkylation sites (tertiary alicyclic amines) is 2. The van der Waals surface area contributed by atoms with E-state index in [2.05, 4.69) is 6.58 Å². The van der Waals surface area contributed by atoms with E-state index in [9.17, 15) is 14.4 Å². The molecule has 0 unspecified atom stereocenters. The number of Topliss-reactive ketones (excluding diaryl/α,β-unsaturated/α-hetero) is 1. The van der Waals surface area contributed by atoms with Gasteiger partial charge in [-0.2, -0.15) is 0 Å². The highest BCUT2D eigenvalue weighted by Crippen LogP contribution is 2.18.